The minimum Gasteiger partial charge on any atom is -0.463 e. The Kier molecular flexibility index (Phi) is 7.36. The van der Waals surface area contributed by atoms with Crippen molar-refractivity contribution in [3.63, 3.8) is 0 Å². The van der Waals surface area contributed by atoms with Gasteiger partial charge in [-0.3, -0.25) is 0 Å². The van der Waals surface area contributed by atoms with Gasteiger partial charge in [0, 0.05) is 6.08 Å². The van der Waals surface area contributed by atoms with Gasteiger partial charge in [-0.1, -0.05) is 32.8 Å². The Morgan fingerprint density at radius 3 is 2.69 bits per heavy atom. The van der Waals surface area contributed by atoms with Crippen molar-refractivity contribution < 1.29 is 9.53 Å². The summed E-state index contributed by atoms with van der Waals surface area (Å²) in [6, 6.07) is 0. The van der Waals surface area contributed by atoms with E-state index in [4.69, 9.17) is 4.74 Å². The fourth-order valence-electron chi connectivity index (χ4n) is 1.06. The Morgan fingerprint density at radius 1 is 1.46 bits per heavy atom. The average molecular weight is 184 g/mol. The lowest BCUT2D eigenvalue weighted by molar-refractivity contribution is -0.137. The van der Waals surface area contributed by atoms with Gasteiger partial charge in [0.05, 0.1) is 6.61 Å². The first-order chi connectivity index (χ1) is 6.20. The first-order valence-corrected chi connectivity index (χ1v) is 5.05. The van der Waals surface area contributed by atoms with Gasteiger partial charge in [0.2, 0.25) is 0 Å². The van der Waals surface area contributed by atoms with E-state index in [0.717, 1.165) is 6.42 Å². The molecule has 0 bridgehead atoms. The number of ether oxygens (including phenoxy) is 1. The van der Waals surface area contributed by atoms with Crippen LogP contribution >= 0.6 is 0 Å². The van der Waals surface area contributed by atoms with Crippen LogP contribution in [0.1, 0.15) is 40.0 Å². The zero-order valence-electron chi connectivity index (χ0n) is 8.88. The molecule has 0 radical (unpaired) electrons. The first-order valence-electron chi connectivity index (χ1n) is 5.05. The molecule has 0 aromatic carbocycles. The van der Waals surface area contributed by atoms with E-state index in [1.807, 2.05) is 13.0 Å². The number of unbranched alkanes of at least 4 members (excludes halogenated alkanes) is 1. The summed E-state index contributed by atoms with van der Waals surface area (Å²) >= 11 is 0. The minimum atomic E-state index is -0.231. The van der Waals surface area contributed by atoms with E-state index in [9.17, 15) is 4.79 Å². The summed E-state index contributed by atoms with van der Waals surface area (Å²) in [4.78, 5) is 10.9. The third-order valence-electron chi connectivity index (χ3n) is 1.86. The molecule has 1 atom stereocenters. The molecule has 0 aliphatic carbocycles. The molecule has 0 amide bonds. The number of esters is 1. The van der Waals surface area contributed by atoms with Crippen molar-refractivity contribution >= 4 is 5.97 Å². The van der Waals surface area contributed by atoms with Crippen molar-refractivity contribution in [2.24, 2.45) is 5.92 Å². The largest absolute Gasteiger partial charge is 0.463 e. The molecule has 0 saturated heterocycles. The molecule has 0 heterocycles. The van der Waals surface area contributed by atoms with Gasteiger partial charge in [-0.15, -0.1) is 0 Å². The highest BCUT2D eigenvalue weighted by molar-refractivity contribution is 5.81. The number of rotatable bonds is 6. The minimum absolute atomic E-state index is 0.231. The fraction of sp³-hybridized carbons (Fsp3) is 0.727. The van der Waals surface area contributed by atoms with Crippen molar-refractivity contribution in [2.75, 3.05) is 6.61 Å². The average Bonchev–Trinajstić information content (AvgIpc) is 2.12. The number of allylic oxidation sites excluding steroid dienone is 1. The van der Waals surface area contributed by atoms with Crippen LogP contribution in [0.2, 0.25) is 0 Å². The van der Waals surface area contributed by atoms with E-state index >= 15 is 0 Å². The monoisotopic (exact) mass is 184 g/mol. The Labute approximate surface area is 81.0 Å². The van der Waals surface area contributed by atoms with Crippen LogP contribution in [0, 0.1) is 5.92 Å². The van der Waals surface area contributed by atoms with Crippen LogP contribution in [-0.4, -0.2) is 12.6 Å². The Morgan fingerprint density at radius 2 is 2.15 bits per heavy atom. The second-order valence-corrected chi connectivity index (χ2v) is 3.23. The van der Waals surface area contributed by atoms with Crippen LogP contribution in [0.3, 0.4) is 0 Å². The summed E-state index contributed by atoms with van der Waals surface area (Å²) in [5.41, 5.74) is 0. The summed E-state index contributed by atoms with van der Waals surface area (Å²) in [7, 11) is 0. The molecule has 0 rings (SSSR count). The third-order valence-corrected chi connectivity index (χ3v) is 1.86. The van der Waals surface area contributed by atoms with Crippen LogP contribution in [0.25, 0.3) is 0 Å². The van der Waals surface area contributed by atoms with Crippen LogP contribution in [0.15, 0.2) is 12.2 Å². The zero-order valence-corrected chi connectivity index (χ0v) is 8.88. The summed E-state index contributed by atoms with van der Waals surface area (Å²) < 4.78 is 4.77. The van der Waals surface area contributed by atoms with Gasteiger partial charge in [-0.2, -0.15) is 0 Å². The molecule has 2 heteroatoms. The van der Waals surface area contributed by atoms with E-state index < -0.39 is 0 Å². The number of hydrogen-bond donors (Lipinski definition) is 0. The molecule has 0 fully saturated rings. The lowest BCUT2D eigenvalue weighted by atomic mass is 10.0. The highest BCUT2D eigenvalue weighted by Gasteiger charge is 1.98. The maximum absolute atomic E-state index is 10.9. The van der Waals surface area contributed by atoms with Crippen LogP contribution in [0.4, 0.5) is 0 Å². The standard InChI is InChI=1S/C11H20O2/c1-4-6-7-10(3)8-9-11(12)13-5-2/h8-10H,4-7H2,1-3H3/b9-8-. The molecule has 0 saturated carbocycles. The van der Waals surface area contributed by atoms with Crippen molar-refractivity contribution in [2.45, 2.75) is 40.0 Å². The second-order valence-electron chi connectivity index (χ2n) is 3.23. The first kappa shape index (κ1) is 12.2. The molecule has 0 N–H and O–H groups in total. The SMILES string of the molecule is CCCCC(C)/C=C\C(=O)OCC. The quantitative estimate of drug-likeness (QED) is 0.468. The molecule has 2 nitrogen and oxygen atoms in total. The zero-order chi connectivity index (χ0) is 10.1. The molecule has 0 spiro atoms. The van der Waals surface area contributed by atoms with Crippen molar-refractivity contribution in [1.82, 2.24) is 0 Å². The molecule has 0 aromatic heterocycles. The van der Waals surface area contributed by atoms with Gasteiger partial charge in [0.15, 0.2) is 0 Å². The number of hydrogen-bond acceptors (Lipinski definition) is 2. The highest BCUT2D eigenvalue weighted by Crippen LogP contribution is 2.08. The summed E-state index contributed by atoms with van der Waals surface area (Å²) in [5, 5.41) is 0. The Bertz CT molecular complexity index is 161. The topological polar surface area (TPSA) is 26.3 Å². The normalized spacial score (nSPS) is 13.2. The van der Waals surface area contributed by atoms with E-state index in [1.54, 1.807) is 0 Å². The highest BCUT2D eigenvalue weighted by atomic mass is 16.5. The Balaban J connectivity index is 3.62. The molecule has 13 heavy (non-hydrogen) atoms. The lowest BCUT2D eigenvalue weighted by Crippen LogP contribution is -2.00. The van der Waals surface area contributed by atoms with Gasteiger partial charge in [-0.05, 0) is 19.3 Å². The summed E-state index contributed by atoms with van der Waals surface area (Å²) in [5.74, 6) is 0.246. The maximum atomic E-state index is 10.9. The third kappa shape index (κ3) is 7.57. The molecule has 0 aliphatic rings. The molecular weight excluding hydrogens is 164 g/mol. The summed E-state index contributed by atoms with van der Waals surface area (Å²) in [6.07, 6.45) is 7.02. The summed E-state index contributed by atoms with van der Waals surface area (Å²) in [6.45, 7) is 6.55. The lowest BCUT2D eigenvalue weighted by Gasteiger charge is -2.03. The van der Waals surface area contributed by atoms with E-state index in [-0.39, 0.29) is 5.97 Å². The van der Waals surface area contributed by atoms with Gasteiger partial charge < -0.3 is 4.74 Å². The van der Waals surface area contributed by atoms with Gasteiger partial charge in [-0.25, -0.2) is 4.79 Å². The van der Waals surface area contributed by atoms with E-state index in [2.05, 4.69) is 13.8 Å². The van der Waals surface area contributed by atoms with Crippen LogP contribution in [0.5, 0.6) is 0 Å². The predicted octanol–water partition coefficient (Wildman–Crippen LogP) is 2.93. The molecular formula is C11H20O2. The number of carbonyl (C=O) groups is 1. The molecule has 0 aliphatic heterocycles. The fourth-order valence-corrected chi connectivity index (χ4v) is 1.06. The Hall–Kier alpha value is -0.790. The van der Waals surface area contributed by atoms with Crippen molar-refractivity contribution in [1.29, 1.82) is 0 Å². The van der Waals surface area contributed by atoms with Crippen molar-refractivity contribution in [3.8, 4) is 0 Å². The van der Waals surface area contributed by atoms with Gasteiger partial charge in [0.1, 0.15) is 0 Å². The molecule has 76 valence electrons. The molecule has 0 aromatic rings. The van der Waals surface area contributed by atoms with Crippen LogP contribution in [-0.2, 0) is 9.53 Å². The second kappa shape index (κ2) is 7.84. The predicted molar refractivity (Wildman–Crippen MR) is 54.5 cm³/mol. The van der Waals surface area contributed by atoms with Gasteiger partial charge >= 0.3 is 5.97 Å². The van der Waals surface area contributed by atoms with E-state index in [1.165, 1.54) is 18.9 Å². The maximum Gasteiger partial charge on any atom is 0.330 e. The van der Waals surface area contributed by atoms with E-state index in [0.29, 0.717) is 12.5 Å². The van der Waals surface area contributed by atoms with Crippen molar-refractivity contribution in [3.05, 3.63) is 12.2 Å². The molecule has 1 unspecified atom stereocenters. The smallest absolute Gasteiger partial charge is 0.330 e. The van der Waals surface area contributed by atoms with Crippen LogP contribution < -0.4 is 0 Å². The number of carbonyl (C=O) groups excluding carboxylic acids is 1. The van der Waals surface area contributed by atoms with Gasteiger partial charge in [0.25, 0.3) is 0 Å².